The summed E-state index contributed by atoms with van der Waals surface area (Å²) in [7, 11) is -5.07. The standard InChI is InChI=1S/C27H28N6O10S2/c1-27(12-13-34,42-22(16-8-4-2-5-9-16)17-10-6-3-7-11-17)43-32-20(18-15-44-25(28)30-18)23(35)31-21-19(14-41-26(29)37)33(24(21)36)45(38,39)40/h2-11,13,15,19,21-22H,12,14H2,1H3,(H2,28,30)(H2,29,37)(H,31,35)(H,38,39,40)/b32-20-. The summed E-state index contributed by atoms with van der Waals surface area (Å²) < 4.78 is 43.8. The van der Waals surface area contributed by atoms with Crippen molar-refractivity contribution in [3.05, 3.63) is 82.9 Å². The number of aldehydes is 1. The minimum Gasteiger partial charge on any atom is -0.447 e. The van der Waals surface area contributed by atoms with Gasteiger partial charge in [0.25, 0.3) is 11.8 Å². The Labute approximate surface area is 260 Å². The molecule has 3 atom stereocenters. The number of nitrogen functional groups attached to an aromatic ring is 1. The number of carbonyl (C=O) groups excluding carboxylic acids is 4. The fraction of sp³-hybridized carbons (Fsp3) is 0.259. The van der Waals surface area contributed by atoms with Crippen molar-refractivity contribution >= 4 is 56.7 Å². The smallest absolute Gasteiger partial charge is 0.404 e. The highest BCUT2D eigenvalue weighted by atomic mass is 32.2. The van der Waals surface area contributed by atoms with Gasteiger partial charge in [-0.3, -0.25) is 14.1 Å². The number of nitrogens with one attached hydrogen (secondary N) is 1. The van der Waals surface area contributed by atoms with Crippen LogP contribution >= 0.6 is 11.3 Å². The maximum atomic E-state index is 13.5. The molecule has 18 heteroatoms. The van der Waals surface area contributed by atoms with Crippen molar-refractivity contribution < 1.29 is 46.5 Å². The zero-order valence-corrected chi connectivity index (χ0v) is 25.1. The number of carbonyl (C=O) groups is 4. The fourth-order valence-corrected chi connectivity index (χ4v) is 5.75. The molecule has 1 aromatic heterocycles. The van der Waals surface area contributed by atoms with Crippen LogP contribution in [0.15, 0.2) is 71.2 Å². The van der Waals surface area contributed by atoms with Crippen molar-refractivity contribution in [2.24, 2.45) is 10.9 Å². The van der Waals surface area contributed by atoms with Crippen LogP contribution in [0.1, 0.15) is 36.3 Å². The van der Waals surface area contributed by atoms with Gasteiger partial charge < -0.3 is 35.9 Å². The van der Waals surface area contributed by atoms with Crippen LogP contribution in [0.5, 0.6) is 0 Å². The maximum absolute atomic E-state index is 13.5. The van der Waals surface area contributed by atoms with E-state index in [-0.39, 0.29) is 21.6 Å². The average molecular weight is 661 g/mol. The van der Waals surface area contributed by atoms with Crippen LogP contribution in [-0.4, -0.2) is 76.6 Å². The molecule has 45 heavy (non-hydrogen) atoms. The first-order chi connectivity index (χ1) is 21.3. The van der Waals surface area contributed by atoms with Crippen LogP contribution in [0.4, 0.5) is 9.93 Å². The number of primary amides is 1. The first kappa shape index (κ1) is 33.0. The van der Waals surface area contributed by atoms with Crippen molar-refractivity contribution in [1.29, 1.82) is 0 Å². The number of nitrogens with two attached hydrogens (primary N) is 2. The maximum Gasteiger partial charge on any atom is 0.404 e. The molecule has 1 fully saturated rings. The molecule has 3 aromatic rings. The summed E-state index contributed by atoms with van der Waals surface area (Å²) in [6, 6.07) is 15.1. The summed E-state index contributed by atoms with van der Waals surface area (Å²) in [5, 5.41) is 7.65. The Morgan fingerprint density at radius 3 is 2.27 bits per heavy atom. The third-order valence-electron chi connectivity index (χ3n) is 6.44. The van der Waals surface area contributed by atoms with Crippen molar-refractivity contribution in [3.8, 4) is 0 Å². The Morgan fingerprint density at radius 1 is 1.18 bits per heavy atom. The molecule has 1 aliphatic heterocycles. The Hall–Kier alpha value is -4.91. The van der Waals surface area contributed by atoms with Crippen molar-refractivity contribution in [2.75, 3.05) is 12.3 Å². The number of benzene rings is 2. The van der Waals surface area contributed by atoms with E-state index in [1.165, 1.54) is 12.3 Å². The van der Waals surface area contributed by atoms with Gasteiger partial charge in [0.2, 0.25) is 5.79 Å². The molecule has 16 nitrogen and oxygen atoms in total. The fourth-order valence-electron chi connectivity index (χ4n) is 4.34. The number of thiazole rings is 1. The molecule has 4 rings (SSSR count). The number of rotatable bonds is 14. The van der Waals surface area contributed by atoms with Gasteiger partial charge in [0.15, 0.2) is 10.8 Å². The monoisotopic (exact) mass is 660 g/mol. The molecule has 0 spiro atoms. The number of β-lactam (4-membered cyclic amide) rings is 1. The molecular formula is C27H28N6O10S2. The summed E-state index contributed by atoms with van der Waals surface area (Å²) in [6.07, 6.45) is -1.81. The molecule has 0 radical (unpaired) electrons. The lowest BCUT2D eigenvalue weighted by Crippen LogP contribution is -2.73. The summed E-state index contributed by atoms with van der Waals surface area (Å²) in [4.78, 5) is 58.6. The lowest BCUT2D eigenvalue weighted by Gasteiger charge is -2.43. The molecule has 0 bridgehead atoms. The van der Waals surface area contributed by atoms with E-state index >= 15 is 0 Å². The molecule has 0 saturated carbocycles. The minimum absolute atomic E-state index is 0.0251. The molecule has 6 N–H and O–H groups in total. The summed E-state index contributed by atoms with van der Waals surface area (Å²) in [5.41, 5.74) is 11.5. The highest BCUT2D eigenvalue weighted by Crippen LogP contribution is 2.33. The second-order valence-corrected chi connectivity index (χ2v) is 11.9. The number of amides is 3. The molecule has 1 saturated heterocycles. The second kappa shape index (κ2) is 13.8. The topological polar surface area (TPSA) is 243 Å². The SMILES string of the molecule is CC(CC=O)(O/N=C(\C(=O)NC1C(=O)N(S(=O)(=O)O)C1COC(N)=O)c1csc(N)n1)OC(c1ccccc1)c1ccccc1. The molecule has 3 unspecified atom stereocenters. The Morgan fingerprint density at radius 2 is 1.78 bits per heavy atom. The highest BCUT2D eigenvalue weighted by Gasteiger charge is 2.55. The number of aromatic nitrogens is 1. The number of nitrogens with zero attached hydrogens (tertiary/aromatic N) is 3. The number of hydrogen-bond acceptors (Lipinski definition) is 13. The quantitative estimate of drug-likeness (QED) is 0.0475. The molecule has 1 aliphatic rings. The zero-order chi connectivity index (χ0) is 32.8. The number of hydrogen-bond donors (Lipinski definition) is 4. The molecular weight excluding hydrogens is 632 g/mol. The molecule has 0 aliphatic carbocycles. The lowest BCUT2D eigenvalue weighted by molar-refractivity contribution is -0.243. The third kappa shape index (κ3) is 7.98. The van der Waals surface area contributed by atoms with E-state index in [4.69, 9.17) is 21.0 Å². The van der Waals surface area contributed by atoms with E-state index in [0.29, 0.717) is 6.29 Å². The zero-order valence-electron chi connectivity index (χ0n) is 23.5. The van der Waals surface area contributed by atoms with Gasteiger partial charge in [-0.15, -0.1) is 11.3 Å². The van der Waals surface area contributed by atoms with Crippen molar-refractivity contribution in [3.63, 3.8) is 0 Å². The molecule has 3 amide bonds. The van der Waals surface area contributed by atoms with Gasteiger partial charge in [0.1, 0.15) is 36.8 Å². The van der Waals surface area contributed by atoms with Crippen LogP contribution in [0.3, 0.4) is 0 Å². The van der Waals surface area contributed by atoms with E-state index in [2.05, 4.69) is 20.2 Å². The van der Waals surface area contributed by atoms with Gasteiger partial charge in [0.05, 0.1) is 6.42 Å². The minimum atomic E-state index is -5.07. The number of anilines is 1. The van der Waals surface area contributed by atoms with Crippen molar-refractivity contribution in [1.82, 2.24) is 14.6 Å². The molecule has 2 aromatic carbocycles. The second-order valence-electron chi connectivity index (χ2n) is 9.69. The van der Waals surface area contributed by atoms with Gasteiger partial charge in [0, 0.05) is 12.3 Å². The highest BCUT2D eigenvalue weighted by molar-refractivity contribution is 7.84. The van der Waals surface area contributed by atoms with E-state index in [9.17, 15) is 32.1 Å². The van der Waals surface area contributed by atoms with Crippen LogP contribution in [0, 0.1) is 0 Å². The largest absolute Gasteiger partial charge is 0.447 e. The van der Waals surface area contributed by atoms with Crippen LogP contribution in [0.2, 0.25) is 0 Å². The molecule has 238 valence electrons. The number of ether oxygens (including phenoxy) is 2. The van der Waals surface area contributed by atoms with Gasteiger partial charge >= 0.3 is 16.4 Å². The Bertz CT molecular complexity index is 1650. The summed E-state index contributed by atoms with van der Waals surface area (Å²) >= 11 is 0.958. The predicted molar refractivity (Wildman–Crippen MR) is 159 cm³/mol. The normalized spacial score (nSPS) is 18.1. The molecule has 2 heterocycles. The van der Waals surface area contributed by atoms with E-state index < -0.39 is 64.5 Å². The summed E-state index contributed by atoms with van der Waals surface area (Å²) in [6.45, 7) is 0.662. The first-order valence-corrected chi connectivity index (χ1v) is 15.3. The van der Waals surface area contributed by atoms with Gasteiger partial charge in [-0.2, -0.15) is 8.42 Å². The van der Waals surface area contributed by atoms with E-state index in [0.717, 1.165) is 22.5 Å². The van der Waals surface area contributed by atoms with Crippen LogP contribution in [-0.2, 0) is 39.0 Å². The Kier molecular flexibility index (Phi) is 10.1. The third-order valence-corrected chi connectivity index (χ3v) is 8.06. The average Bonchev–Trinajstić information content (AvgIpc) is 3.42. The van der Waals surface area contributed by atoms with Gasteiger partial charge in [-0.25, -0.2) is 14.1 Å². The van der Waals surface area contributed by atoms with Gasteiger partial charge in [-0.1, -0.05) is 65.8 Å². The summed E-state index contributed by atoms with van der Waals surface area (Å²) in [5.74, 6) is -4.07. The number of oxime groups is 1. The van der Waals surface area contributed by atoms with Crippen molar-refractivity contribution in [2.45, 2.75) is 37.3 Å². The first-order valence-electron chi connectivity index (χ1n) is 13.1. The van der Waals surface area contributed by atoms with E-state index in [1.54, 1.807) is 0 Å². The van der Waals surface area contributed by atoms with Crippen LogP contribution in [0.25, 0.3) is 0 Å². The predicted octanol–water partition coefficient (Wildman–Crippen LogP) is 1.15. The van der Waals surface area contributed by atoms with E-state index in [1.807, 2.05) is 60.7 Å². The van der Waals surface area contributed by atoms with Gasteiger partial charge in [-0.05, 0) is 11.1 Å². The van der Waals surface area contributed by atoms with Crippen LogP contribution < -0.4 is 16.8 Å². The lowest BCUT2D eigenvalue weighted by atomic mass is 9.99. The Balaban J connectivity index is 1.65.